The van der Waals surface area contributed by atoms with Gasteiger partial charge >= 0.3 is 0 Å². The predicted octanol–water partition coefficient (Wildman–Crippen LogP) is 3.71. The van der Waals surface area contributed by atoms with Gasteiger partial charge in [0.2, 0.25) is 0 Å². The Morgan fingerprint density at radius 3 is 2.88 bits per heavy atom. The van der Waals surface area contributed by atoms with E-state index in [4.69, 9.17) is 23.2 Å². The number of fused-ring (bicyclic) bond motifs is 2. The summed E-state index contributed by atoms with van der Waals surface area (Å²) in [5.74, 6) is -0.103. The van der Waals surface area contributed by atoms with Crippen LogP contribution in [-0.2, 0) is 0 Å². The molecular formula is C13H7Cl2NO. The van der Waals surface area contributed by atoms with E-state index >= 15 is 0 Å². The second-order valence-electron chi connectivity index (χ2n) is 3.88. The summed E-state index contributed by atoms with van der Waals surface area (Å²) in [6.07, 6.45) is 3.42. The Hall–Kier alpha value is -1.38. The topological polar surface area (TPSA) is 30.0 Å². The normalized spacial score (nSPS) is 18.5. The first-order chi connectivity index (χ1) is 8.15. The molecule has 3 rings (SSSR count). The van der Waals surface area contributed by atoms with Gasteiger partial charge in [-0.25, -0.2) is 4.98 Å². The van der Waals surface area contributed by atoms with Crippen molar-refractivity contribution in [3.8, 4) is 0 Å². The number of halogens is 2. The van der Waals surface area contributed by atoms with Crippen molar-refractivity contribution >= 4 is 46.0 Å². The van der Waals surface area contributed by atoms with Crippen LogP contribution in [-0.4, -0.2) is 16.1 Å². The number of carbonyl (C=O) groups is 1. The lowest BCUT2D eigenvalue weighted by Crippen LogP contribution is -2.17. The maximum Gasteiger partial charge on any atom is 0.186 e. The summed E-state index contributed by atoms with van der Waals surface area (Å²) in [6.45, 7) is 0. The Labute approximate surface area is 108 Å². The molecule has 1 heterocycles. The Bertz CT molecular complexity index is 664. The Balaban J connectivity index is 2.31. The summed E-state index contributed by atoms with van der Waals surface area (Å²) >= 11 is 11.8. The predicted molar refractivity (Wildman–Crippen MR) is 69.8 cm³/mol. The van der Waals surface area contributed by atoms with E-state index in [0.29, 0.717) is 16.3 Å². The first kappa shape index (κ1) is 10.8. The van der Waals surface area contributed by atoms with Crippen molar-refractivity contribution in [3.63, 3.8) is 0 Å². The van der Waals surface area contributed by atoms with Gasteiger partial charge in [0.15, 0.2) is 5.78 Å². The lowest BCUT2D eigenvalue weighted by molar-refractivity contribution is 0.0997. The van der Waals surface area contributed by atoms with Crippen LogP contribution in [0.2, 0.25) is 5.02 Å². The molecule has 0 saturated carbocycles. The third-order valence-electron chi connectivity index (χ3n) is 2.75. The number of Topliss-reactive ketones (excluding diaryl/α,β-unsaturated/α-hetero) is 1. The van der Waals surface area contributed by atoms with Crippen LogP contribution in [0.3, 0.4) is 0 Å². The number of allylic oxidation sites excluding steroid dienone is 1. The van der Waals surface area contributed by atoms with E-state index in [-0.39, 0.29) is 5.78 Å². The van der Waals surface area contributed by atoms with Crippen molar-refractivity contribution in [2.24, 2.45) is 0 Å². The van der Waals surface area contributed by atoms with E-state index < -0.39 is 5.38 Å². The van der Waals surface area contributed by atoms with Crippen molar-refractivity contribution in [1.29, 1.82) is 0 Å². The Morgan fingerprint density at radius 2 is 2.06 bits per heavy atom. The number of rotatable bonds is 0. The van der Waals surface area contributed by atoms with E-state index in [9.17, 15) is 4.79 Å². The highest BCUT2D eigenvalue weighted by Crippen LogP contribution is 2.26. The summed E-state index contributed by atoms with van der Waals surface area (Å²) in [5, 5.41) is 0.931. The number of ketones is 1. The van der Waals surface area contributed by atoms with E-state index in [1.807, 2.05) is 12.1 Å². The highest BCUT2D eigenvalue weighted by Gasteiger charge is 2.22. The molecule has 1 aliphatic carbocycles. The number of hydrogen-bond acceptors (Lipinski definition) is 2. The zero-order chi connectivity index (χ0) is 12.0. The van der Waals surface area contributed by atoms with Gasteiger partial charge in [-0.1, -0.05) is 23.7 Å². The van der Waals surface area contributed by atoms with Crippen LogP contribution < -0.4 is 0 Å². The van der Waals surface area contributed by atoms with Crippen LogP contribution in [0, 0.1) is 0 Å². The van der Waals surface area contributed by atoms with Gasteiger partial charge in [-0.3, -0.25) is 4.79 Å². The Morgan fingerprint density at radius 1 is 1.24 bits per heavy atom. The van der Waals surface area contributed by atoms with Gasteiger partial charge in [-0.05, 0) is 24.3 Å². The van der Waals surface area contributed by atoms with E-state index in [0.717, 1.165) is 10.9 Å². The quantitative estimate of drug-likeness (QED) is 0.679. The number of pyridine rings is 1. The molecule has 0 fully saturated rings. The number of hydrogen-bond donors (Lipinski definition) is 0. The van der Waals surface area contributed by atoms with E-state index in [1.165, 1.54) is 0 Å². The van der Waals surface area contributed by atoms with Gasteiger partial charge in [0.05, 0.1) is 11.2 Å². The molecule has 84 valence electrons. The highest BCUT2D eigenvalue weighted by molar-refractivity contribution is 6.36. The average molecular weight is 264 g/mol. The molecule has 1 atom stereocenters. The van der Waals surface area contributed by atoms with Crippen molar-refractivity contribution in [3.05, 3.63) is 46.6 Å². The molecule has 0 saturated heterocycles. The van der Waals surface area contributed by atoms with Gasteiger partial charge < -0.3 is 0 Å². The van der Waals surface area contributed by atoms with Crippen molar-refractivity contribution < 1.29 is 4.79 Å². The molecule has 1 aromatic heterocycles. The summed E-state index contributed by atoms with van der Waals surface area (Å²) in [5.41, 5.74) is 2.01. The van der Waals surface area contributed by atoms with Crippen molar-refractivity contribution in [2.45, 2.75) is 5.38 Å². The van der Waals surface area contributed by atoms with Gasteiger partial charge in [0, 0.05) is 16.0 Å². The Kier molecular flexibility index (Phi) is 2.42. The molecule has 0 spiro atoms. The van der Waals surface area contributed by atoms with Crippen LogP contribution in [0.1, 0.15) is 16.1 Å². The fraction of sp³-hybridized carbons (Fsp3) is 0.0769. The minimum atomic E-state index is -0.589. The van der Waals surface area contributed by atoms with E-state index in [2.05, 4.69) is 4.98 Å². The molecule has 2 aromatic rings. The number of alkyl halides is 1. The molecule has 0 aliphatic heterocycles. The molecule has 0 radical (unpaired) electrons. The maximum absolute atomic E-state index is 11.9. The SMILES string of the molecule is O=C1c2cc3ccc(Cl)cc3nc2C=CC1Cl. The number of aromatic nitrogens is 1. The van der Waals surface area contributed by atoms with Crippen LogP contribution >= 0.6 is 23.2 Å². The smallest absolute Gasteiger partial charge is 0.186 e. The van der Waals surface area contributed by atoms with Crippen LogP contribution in [0.15, 0.2) is 30.3 Å². The van der Waals surface area contributed by atoms with Crippen molar-refractivity contribution in [2.75, 3.05) is 0 Å². The third-order valence-corrected chi connectivity index (χ3v) is 3.33. The first-order valence-electron chi connectivity index (χ1n) is 5.12. The van der Waals surface area contributed by atoms with Gasteiger partial charge in [-0.2, -0.15) is 0 Å². The lowest BCUT2D eigenvalue weighted by atomic mass is 9.98. The average Bonchev–Trinajstić information content (AvgIpc) is 2.32. The third kappa shape index (κ3) is 1.74. The molecule has 1 aromatic carbocycles. The molecule has 2 nitrogen and oxygen atoms in total. The zero-order valence-electron chi connectivity index (χ0n) is 8.65. The lowest BCUT2D eigenvalue weighted by Gasteiger charge is -2.13. The molecule has 0 amide bonds. The highest BCUT2D eigenvalue weighted by atomic mass is 35.5. The van der Waals surface area contributed by atoms with Crippen LogP contribution in [0.4, 0.5) is 0 Å². The fourth-order valence-electron chi connectivity index (χ4n) is 1.89. The summed E-state index contributed by atoms with van der Waals surface area (Å²) in [4.78, 5) is 16.3. The molecular weight excluding hydrogens is 257 g/mol. The molecule has 1 aliphatic rings. The van der Waals surface area contributed by atoms with E-state index in [1.54, 1.807) is 24.3 Å². The summed E-state index contributed by atoms with van der Waals surface area (Å²) < 4.78 is 0. The molecule has 4 heteroatoms. The maximum atomic E-state index is 11.9. The van der Waals surface area contributed by atoms with Crippen LogP contribution in [0.25, 0.3) is 17.0 Å². The molecule has 0 bridgehead atoms. The minimum Gasteiger partial charge on any atom is -0.292 e. The van der Waals surface area contributed by atoms with Crippen molar-refractivity contribution in [1.82, 2.24) is 4.98 Å². The van der Waals surface area contributed by atoms with Gasteiger partial charge in [0.25, 0.3) is 0 Å². The standard InChI is InChI=1S/C13H7Cl2NO/c14-8-2-1-7-5-9-11(16-12(7)6-8)4-3-10(15)13(9)17/h1-6,10H. The first-order valence-corrected chi connectivity index (χ1v) is 5.93. The van der Waals surface area contributed by atoms with Crippen LogP contribution in [0.5, 0.6) is 0 Å². The molecule has 17 heavy (non-hydrogen) atoms. The zero-order valence-corrected chi connectivity index (χ0v) is 10.2. The summed E-state index contributed by atoms with van der Waals surface area (Å²) in [6, 6.07) is 7.22. The fourth-order valence-corrected chi connectivity index (χ4v) is 2.25. The minimum absolute atomic E-state index is 0.103. The number of nitrogens with zero attached hydrogens (tertiary/aromatic N) is 1. The number of carbonyl (C=O) groups excluding carboxylic acids is 1. The van der Waals surface area contributed by atoms with Gasteiger partial charge in [0.1, 0.15) is 5.38 Å². The molecule has 0 N–H and O–H groups in total. The number of benzene rings is 1. The largest absolute Gasteiger partial charge is 0.292 e. The van der Waals surface area contributed by atoms with Gasteiger partial charge in [-0.15, -0.1) is 11.6 Å². The summed E-state index contributed by atoms with van der Waals surface area (Å²) in [7, 11) is 0. The monoisotopic (exact) mass is 263 g/mol. The second kappa shape index (κ2) is 3.83. The second-order valence-corrected chi connectivity index (χ2v) is 4.79. The molecule has 1 unspecified atom stereocenters.